The normalized spacial score (nSPS) is 19.0. The molecule has 0 spiro atoms. The highest BCUT2D eigenvalue weighted by atomic mass is 16.5. The molecule has 2 atom stereocenters. The zero-order valence-electron chi connectivity index (χ0n) is 28.0. The first-order valence-corrected chi connectivity index (χ1v) is 15.6. The summed E-state index contributed by atoms with van der Waals surface area (Å²) in [5, 5.41) is 2.86. The van der Waals surface area contributed by atoms with Gasteiger partial charge in [-0.1, -0.05) is 47.5 Å². The summed E-state index contributed by atoms with van der Waals surface area (Å²) in [7, 11) is 8.06. The van der Waals surface area contributed by atoms with E-state index in [1.54, 1.807) is 6.07 Å². The van der Waals surface area contributed by atoms with Crippen molar-refractivity contribution in [3.63, 3.8) is 0 Å². The van der Waals surface area contributed by atoms with E-state index >= 15 is 0 Å². The molecule has 0 unspecified atom stereocenters. The predicted molar refractivity (Wildman–Crippen MR) is 175 cm³/mol. The number of likely N-dealkylation sites (N-methyl/N-ethyl adjacent to an activating group) is 1. The van der Waals surface area contributed by atoms with E-state index in [2.05, 4.69) is 27.2 Å². The molecule has 244 valence electrons. The summed E-state index contributed by atoms with van der Waals surface area (Å²) in [6.07, 6.45) is 7.68. The van der Waals surface area contributed by atoms with Gasteiger partial charge in [0.25, 0.3) is 0 Å². The molecule has 2 aliphatic rings. The van der Waals surface area contributed by atoms with Crippen molar-refractivity contribution in [3.05, 3.63) is 29.4 Å². The first-order chi connectivity index (χ1) is 20.6. The third-order valence-electron chi connectivity index (χ3n) is 6.56. The molecule has 0 radical (unpaired) electrons. The second-order valence-corrected chi connectivity index (χ2v) is 10.5. The van der Waals surface area contributed by atoms with Crippen molar-refractivity contribution in [2.24, 2.45) is 17.4 Å². The molecule has 1 aliphatic heterocycles. The van der Waals surface area contributed by atoms with Gasteiger partial charge in [-0.25, -0.2) is 4.98 Å². The molecule has 1 saturated heterocycles. The Morgan fingerprint density at radius 2 is 1.77 bits per heavy atom. The highest BCUT2D eigenvalue weighted by molar-refractivity contribution is 6.13. The predicted octanol–water partition coefficient (Wildman–Crippen LogP) is 4.39. The van der Waals surface area contributed by atoms with E-state index < -0.39 is 5.92 Å². The van der Waals surface area contributed by atoms with Crippen LogP contribution in [0.25, 0.3) is 5.70 Å². The number of hydrogen-bond donors (Lipinski definition) is 3. The van der Waals surface area contributed by atoms with Gasteiger partial charge in [0.15, 0.2) is 17.9 Å². The van der Waals surface area contributed by atoms with Crippen LogP contribution in [0.5, 0.6) is 5.88 Å². The SMILES string of the molecule is CC.CC.CCC/C(C(=O)[C@H]1CCCCC1=O)=C(/N)c1nc(N/C=C(\N)C=O)cc(OC[C@@H]2CCCN2C)n1.CN(C)C. The van der Waals surface area contributed by atoms with Gasteiger partial charge in [0.05, 0.1) is 17.3 Å². The maximum absolute atomic E-state index is 13.3. The number of Topliss-reactive ketones (excluding diaryl/α,β-unsaturated/α-hetero) is 2. The van der Waals surface area contributed by atoms with E-state index in [9.17, 15) is 14.4 Å². The number of nitrogens with two attached hydrogens (primary N) is 2. The molecule has 1 aromatic heterocycles. The fourth-order valence-corrected chi connectivity index (χ4v) is 4.50. The Labute approximate surface area is 259 Å². The Balaban J connectivity index is 0.00000200. The number of hydrogen-bond acceptors (Lipinski definition) is 11. The van der Waals surface area contributed by atoms with Gasteiger partial charge < -0.3 is 31.3 Å². The van der Waals surface area contributed by atoms with Crippen molar-refractivity contribution in [2.45, 2.75) is 92.0 Å². The second-order valence-electron chi connectivity index (χ2n) is 10.5. The highest BCUT2D eigenvalue weighted by Gasteiger charge is 2.32. The van der Waals surface area contributed by atoms with Gasteiger partial charge in [-0.2, -0.15) is 4.98 Å². The Kier molecular flexibility index (Phi) is 20.5. The van der Waals surface area contributed by atoms with Gasteiger partial charge in [-0.05, 0) is 66.8 Å². The number of nitrogens with zero attached hydrogens (tertiary/aromatic N) is 4. The fourth-order valence-electron chi connectivity index (χ4n) is 4.50. The van der Waals surface area contributed by atoms with Gasteiger partial charge in [0.1, 0.15) is 18.2 Å². The number of ketones is 2. The second kappa shape index (κ2) is 22.3. The minimum Gasteiger partial charge on any atom is -0.476 e. The van der Waals surface area contributed by atoms with E-state index in [-0.39, 0.29) is 40.7 Å². The van der Waals surface area contributed by atoms with Crippen LogP contribution < -0.4 is 21.5 Å². The monoisotopic (exact) mass is 603 g/mol. The van der Waals surface area contributed by atoms with Gasteiger partial charge >= 0.3 is 0 Å². The Morgan fingerprint density at radius 3 is 2.30 bits per heavy atom. The van der Waals surface area contributed by atoms with Gasteiger partial charge in [0.2, 0.25) is 5.88 Å². The van der Waals surface area contributed by atoms with Gasteiger partial charge in [-0.15, -0.1) is 0 Å². The summed E-state index contributed by atoms with van der Waals surface area (Å²) in [6.45, 7) is 11.4. The third-order valence-corrected chi connectivity index (χ3v) is 6.56. The summed E-state index contributed by atoms with van der Waals surface area (Å²) in [5.41, 5.74) is 12.5. The lowest BCUT2D eigenvalue weighted by Gasteiger charge is -2.22. The summed E-state index contributed by atoms with van der Waals surface area (Å²) in [4.78, 5) is 49.8. The maximum atomic E-state index is 13.3. The summed E-state index contributed by atoms with van der Waals surface area (Å²) in [5.74, 6) is -0.197. The number of ether oxygens (including phenoxy) is 1. The molecule has 2 fully saturated rings. The van der Waals surface area contributed by atoms with Gasteiger partial charge in [-0.3, -0.25) is 14.4 Å². The molecule has 11 heteroatoms. The van der Waals surface area contributed by atoms with E-state index in [0.717, 1.165) is 32.2 Å². The number of allylic oxidation sites excluding steroid dienone is 2. The van der Waals surface area contributed by atoms with E-state index in [1.807, 2.05) is 60.7 Å². The lowest BCUT2D eigenvalue weighted by atomic mass is 9.81. The third kappa shape index (κ3) is 14.1. The molecule has 1 aliphatic carbocycles. The van der Waals surface area contributed by atoms with Crippen molar-refractivity contribution < 1.29 is 19.1 Å². The number of carbonyl (C=O) groups excluding carboxylic acids is 3. The molecule has 0 amide bonds. The van der Waals surface area contributed by atoms with Crippen LogP contribution in [0.2, 0.25) is 0 Å². The summed E-state index contributed by atoms with van der Waals surface area (Å²) < 4.78 is 5.99. The molecule has 3 rings (SSSR count). The Hall–Kier alpha value is -3.31. The Morgan fingerprint density at radius 1 is 1.12 bits per heavy atom. The smallest absolute Gasteiger partial charge is 0.219 e. The number of aldehydes is 1. The fraction of sp³-hybridized carbons (Fsp3) is 0.656. The number of likely N-dealkylation sites (tertiary alicyclic amines) is 1. The number of nitrogens with one attached hydrogen (secondary N) is 1. The van der Waals surface area contributed by atoms with Crippen LogP contribution in [-0.4, -0.2) is 85.0 Å². The number of aromatic nitrogens is 2. The minimum atomic E-state index is -0.658. The molecule has 0 aromatic carbocycles. The highest BCUT2D eigenvalue weighted by Crippen LogP contribution is 2.28. The molecule has 2 heterocycles. The van der Waals surface area contributed by atoms with Crippen molar-refractivity contribution in [3.8, 4) is 5.88 Å². The van der Waals surface area contributed by atoms with E-state index in [0.29, 0.717) is 50.0 Å². The minimum absolute atomic E-state index is 0.0126. The van der Waals surface area contributed by atoms with Crippen molar-refractivity contribution >= 4 is 29.4 Å². The summed E-state index contributed by atoms with van der Waals surface area (Å²) >= 11 is 0. The van der Waals surface area contributed by atoms with Crippen molar-refractivity contribution in [1.29, 1.82) is 0 Å². The number of anilines is 1. The lowest BCUT2D eigenvalue weighted by molar-refractivity contribution is -0.132. The topological polar surface area (TPSA) is 157 Å². The number of rotatable bonds is 11. The molecular weight excluding hydrogens is 546 g/mol. The summed E-state index contributed by atoms with van der Waals surface area (Å²) in [6, 6.07) is 1.87. The van der Waals surface area contributed by atoms with Crippen LogP contribution in [-0.2, 0) is 14.4 Å². The van der Waals surface area contributed by atoms with Crippen molar-refractivity contribution in [2.75, 3.05) is 46.7 Å². The van der Waals surface area contributed by atoms with Crippen LogP contribution in [0.15, 0.2) is 23.5 Å². The zero-order chi connectivity index (χ0) is 32.9. The number of carbonyl (C=O) groups is 3. The molecule has 1 saturated carbocycles. The van der Waals surface area contributed by atoms with Crippen LogP contribution in [0.4, 0.5) is 5.82 Å². The first kappa shape index (κ1) is 39.7. The molecule has 1 aromatic rings. The maximum Gasteiger partial charge on any atom is 0.219 e. The first-order valence-electron chi connectivity index (χ1n) is 15.6. The molecular formula is C32H57N7O4. The zero-order valence-corrected chi connectivity index (χ0v) is 28.0. The van der Waals surface area contributed by atoms with E-state index in [4.69, 9.17) is 16.2 Å². The average molecular weight is 604 g/mol. The molecule has 5 N–H and O–H groups in total. The van der Waals surface area contributed by atoms with Crippen LogP contribution in [0.3, 0.4) is 0 Å². The van der Waals surface area contributed by atoms with Crippen molar-refractivity contribution in [1.82, 2.24) is 19.8 Å². The van der Waals surface area contributed by atoms with Crippen LogP contribution in [0, 0.1) is 5.92 Å². The quantitative estimate of drug-likeness (QED) is 0.187. The Bertz CT molecular complexity index is 1050. The molecule has 11 nitrogen and oxygen atoms in total. The largest absolute Gasteiger partial charge is 0.476 e. The standard InChI is InChI=1S/C25H36N6O4.C3H9N.2C2H6/c1-3-7-19(24(34)18-9-4-5-10-20(18)33)23(27)25-29-21(28-13-16(26)14-32)12-22(30-25)35-15-17-8-6-11-31(17)2;1-4(2)3;2*1-2/h12-14,17-18H,3-11,15,26-27H2,1-2H3,(H,28,29,30);1-3H3;2*1-2H3/b16-13-,23-19-;;;/t17-,18-;;;/m0.../s1. The average Bonchev–Trinajstić information content (AvgIpc) is 3.43. The van der Waals surface area contributed by atoms with Crippen LogP contribution in [0.1, 0.15) is 91.8 Å². The molecule has 43 heavy (non-hydrogen) atoms. The molecule has 0 bridgehead atoms. The van der Waals surface area contributed by atoms with E-state index in [1.165, 1.54) is 6.20 Å². The van der Waals surface area contributed by atoms with Crippen LogP contribution >= 0.6 is 0 Å². The lowest BCUT2D eigenvalue weighted by Crippen LogP contribution is -2.31. The van der Waals surface area contributed by atoms with Gasteiger partial charge in [0, 0.05) is 30.3 Å².